The highest BCUT2D eigenvalue weighted by Crippen LogP contribution is 2.30. The predicted octanol–water partition coefficient (Wildman–Crippen LogP) is 2.01. The van der Waals surface area contributed by atoms with Crippen molar-refractivity contribution in [3.8, 4) is 0 Å². The van der Waals surface area contributed by atoms with E-state index in [2.05, 4.69) is 0 Å². The number of anilines is 1. The molecule has 5 nitrogen and oxygen atoms in total. The van der Waals surface area contributed by atoms with E-state index in [0.717, 1.165) is 12.8 Å². The number of aliphatic hydroxyl groups is 1. The van der Waals surface area contributed by atoms with Gasteiger partial charge in [0.05, 0.1) is 15.6 Å². The van der Waals surface area contributed by atoms with Crippen molar-refractivity contribution in [3.05, 3.63) is 22.7 Å². The molecule has 3 N–H and O–H groups in total. The third-order valence-electron chi connectivity index (χ3n) is 3.91. The Morgan fingerprint density at radius 1 is 1.48 bits per heavy atom. The Balaban J connectivity index is 2.29. The maximum Gasteiger partial charge on any atom is 0.243 e. The summed E-state index contributed by atoms with van der Waals surface area (Å²) in [5.41, 5.74) is 6.70. The number of aryl methyl sites for hydroxylation is 1. The van der Waals surface area contributed by atoms with Crippen molar-refractivity contribution < 1.29 is 13.5 Å². The fourth-order valence-electron chi connectivity index (χ4n) is 2.72. The molecule has 1 aliphatic rings. The molecular weight excluding hydrogens is 312 g/mol. The first-order valence-electron chi connectivity index (χ1n) is 7.03. The van der Waals surface area contributed by atoms with Crippen molar-refractivity contribution in [3.63, 3.8) is 0 Å². The largest absolute Gasteiger partial charge is 0.397 e. The van der Waals surface area contributed by atoms with Crippen molar-refractivity contribution >= 4 is 27.3 Å². The minimum atomic E-state index is -3.56. The van der Waals surface area contributed by atoms with Crippen LogP contribution in [-0.4, -0.2) is 37.5 Å². The Kier molecular flexibility index (Phi) is 5.14. The highest BCUT2D eigenvalue weighted by Gasteiger charge is 2.30. The van der Waals surface area contributed by atoms with Crippen molar-refractivity contribution in [1.82, 2.24) is 4.31 Å². The number of nitrogens with two attached hydrogens (primary N) is 1. The van der Waals surface area contributed by atoms with Gasteiger partial charge in [0, 0.05) is 19.7 Å². The van der Waals surface area contributed by atoms with Crippen LogP contribution in [0.3, 0.4) is 0 Å². The van der Waals surface area contributed by atoms with Crippen LogP contribution in [0, 0.1) is 12.8 Å². The van der Waals surface area contributed by atoms with Crippen molar-refractivity contribution in [2.75, 3.05) is 25.4 Å². The van der Waals surface area contributed by atoms with Gasteiger partial charge in [-0.1, -0.05) is 11.6 Å². The minimum Gasteiger partial charge on any atom is -0.397 e. The van der Waals surface area contributed by atoms with Crippen LogP contribution in [-0.2, 0) is 10.0 Å². The second-order valence-electron chi connectivity index (χ2n) is 5.53. The normalized spacial score (nSPS) is 20.6. The van der Waals surface area contributed by atoms with Gasteiger partial charge >= 0.3 is 0 Å². The summed E-state index contributed by atoms with van der Waals surface area (Å²) < 4.78 is 26.9. The maximum atomic E-state index is 12.7. The summed E-state index contributed by atoms with van der Waals surface area (Å²) in [7, 11) is -3.56. The number of halogens is 1. The van der Waals surface area contributed by atoms with Gasteiger partial charge in [0.1, 0.15) is 0 Å². The number of hydrogen-bond acceptors (Lipinski definition) is 4. The lowest BCUT2D eigenvalue weighted by Gasteiger charge is -2.31. The lowest BCUT2D eigenvalue weighted by Crippen LogP contribution is -2.40. The second kappa shape index (κ2) is 6.52. The number of rotatable bonds is 4. The standard InChI is InChI=1S/C14H21ClN2O3S/c1-10-7-12(8-13(16)14(10)15)21(19,20)17-5-2-3-11(9-17)4-6-18/h7-8,11,18H,2-6,9,16H2,1H3. The van der Waals surface area contributed by atoms with E-state index in [1.54, 1.807) is 13.0 Å². The molecule has 1 fully saturated rings. The van der Waals surface area contributed by atoms with Gasteiger partial charge in [-0.2, -0.15) is 4.31 Å². The third kappa shape index (κ3) is 3.51. The number of nitrogens with zero attached hydrogens (tertiary/aromatic N) is 1. The topological polar surface area (TPSA) is 83.6 Å². The second-order valence-corrected chi connectivity index (χ2v) is 7.84. The zero-order valence-corrected chi connectivity index (χ0v) is 13.6. The number of hydrogen-bond donors (Lipinski definition) is 2. The first kappa shape index (κ1) is 16.5. The van der Waals surface area contributed by atoms with Gasteiger partial charge in [0.15, 0.2) is 0 Å². The number of aliphatic hydroxyl groups excluding tert-OH is 1. The molecule has 0 radical (unpaired) electrons. The molecule has 0 spiro atoms. The van der Waals surface area contributed by atoms with Crippen molar-refractivity contribution in [2.24, 2.45) is 5.92 Å². The fourth-order valence-corrected chi connectivity index (χ4v) is 4.51. The molecule has 1 saturated heterocycles. The van der Waals surface area contributed by atoms with E-state index in [0.29, 0.717) is 30.1 Å². The zero-order chi connectivity index (χ0) is 15.6. The third-order valence-corrected chi connectivity index (χ3v) is 6.27. The molecule has 1 unspecified atom stereocenters. The number of benzene rings is 1. The van der Waals surface area contributed by atoms with Gasteiger partial charge in [-0.05, 0) is 49.8 Å². The molecule has 1 heterocycles. The highest BCUT2D eigenvalue weighted by molar-refractivity contribution is 7.89. The monoisotopic (exact) mass is 332 g/mol. The molecule has 0 amide bonds. The van der Waals surface area contributed by atoms with Crippen LogP contribution < -0.4 is 5.73 Å². The first-order valence-corrected chi connectivity index (χ1v) is 8.84. The van der Waals surface area contributed by atoms with E-state index < -0.39 is 10.0 Å². The predicted molar refractivity (Wildman–Crippen MR) is 83.8 cm³/mol. The van der Waals surface area contributed by atoms with Gasteiger partial charge in [-0.15, -0.1) is 0 Å². The van der Waals surface area contributed by atoms with Crippen LogP contribution in [0.4, 0.5) is 5.69 Å². The van der Waals surface area contributed by atoms with Gasteiger partial charge < -0.3 is 10.8 Å². The SMILES string of the molecule is Cc1cc(S(=O)(=O)N2CCCC(CCO)C2)cc(N)c1Cl. The summed E-state index contributed by atoms with van der Waals surface area (Å²) in [6.45, 7) is 2.78. The van der Waals surface area contributed by atoms with Crippen LogP contribution in [0.5, 0.6) is 0 Å². The summed E-state index contributed by atoms with van der Waals surface area (Å²) in [5.74, 6) is 0.212. The molecule has 0 aromatic heterocycles. The fraction of sp³-hybridized carbons (Fsp3) is 0.571. The quantitative estimate of drug-likeness (QED) is 0.826. The van der Waals surface area contributed by atoms with E-state index in [1.807, 2.05) is 0 Å². The summed E-state index contributed by atoms with van der Waals surface area (Å²) in [4.78, 5) is 0.187. The average molecular weight is 333 g/mol. The molecule has 1 aliphatic heterocycles. The molecule has 0 aliphatic carbocycles. The Labute approximate surface area is 130 Å². The molecule has 0 saturated carbocycles. The molecule has 1 atom stereocenters. The molecule has 118 valence electrons. The van der Waals surface area contributed by atoms with Gasteiger partial charge in [0.2, 0.25) is 10.0 Å². The lowest BCUT2D eigenvalue weighted by atomic mass is 9.97. The molecule has 1 aromatic carbocycles. The van der Waals surface area contributed by atoms with E-state index in [1.165, 1.54) is 10.4 Å². The molecule has 7 heteroatoms. The van der Waals surface area contributed by atoms with Gasteiger partial charge in [-0.3, -0.25) is 0 Å². The minimum absolute atomic E-state index is 0.0888. The smallest absolute Gasteiger partial charge is 0.243 e. The van der Waals surface area contributed by atoms with Crippen LogP contribution in [0.2, 0.25) is 5.02 Å². The molecule has 0 bridgehead atoms. The van der Waals surface area contributed by atoms with E-state index in [4.69, 9.17) is 22.4 Å². The van der Waals surface area contributed by atoms with Crippen LogP contribution in [0.1, 0.15) is 24.8 Å². The summed E-state index contributed by atoms with van der Waals surface area (Å²) in [6.07, 6.45) is 2.40. The van der Waals surface area contributed by atoms with E-state index in [-0.39, 0.29) is 23.1 Å². The maximum absolute atomic E-state index is 12.7. The summed E-state index contributed by atoms with van der Waals surface area (Å²) in [6, 6.07) is 2.98. The Morgan fingerprint density at radius 2 is 2.19 bits per heavy atom. The van der Waals surface area contributed by atoms with Crippen LogP contribution in [0.15, 0.2) is 17.0 Å². The molecule has 2 rings (SSSR count). The molecule has 1 aromatic rings. The average Bonchev–Trinajstić information content (AvgIpc) is 2.45. The lowest BCUT2D eigenvalue weighted by molar-refractivity contribution is 0.203. The number of nitrogen functional groups attached to an aromatic ring is 1. The molecule has 21 heavy (non-hydrogen) atoms. The highest BCUT2D eigenvalue weighted by atomic mass is 35.5. The number of piperidine rings is 1. The summed E-state index contributed by atoms with van der Waals surface area (Å²) in [5, 5.41) is 9.42. The van der Waals surface area contributed by atoms with Crippen LogP contribution in [0.25, 0.3) is 0 Å². The van der Waals surface area contributed by atoms with Crippen LogP contribution >= 0.6 is 11.6 Å². The summed E-state index contributed by atoms with van der Waals surface area (Å²) >= 11 is 5.99. The van der Waals surface area contributed by atoms with Gasteiger partial charge in [0.25, 0.3) is 0 Å². The Bertz CT molecular complexity index is 594. The van der Waals surface area contributed by atoms with E-state index >= 15 is 0 Å². The van der Waals surface area contributed by atoms with E-state index in [9.17, 15) is 8.42 Å². The Morgan fingerprint density at radius 3 is 2.81 bits per heavy atom. The van der Waals surface area contributed by atoms with Crippen molar-refractivity contribution in [1.29, 1.82) is 0 Å². The number of sulfonamides is 1. The first-order chi connectivity index (χ1) is 9.86. The molecular formula is C14H21ClN2O3S. The zero-order valence-electron chi connectivity index (χ0n) is 12.0. The van der Waals surface area contributed by atoms with Gasteiger partial charge in [-0.25, -0.2) is 8.42 Å². The Hall–Kier alpha value is -0.820. The van der Waals surface area contributed by atoms with Crippen molar-refractivity contribution in [2.45, 2.75) is 31.1 Å².